The summed E-state index contributed by atoms with van der Waals surface area (Å²) in [6, 6.07) is 9.58. The van der Waals surface area contributed by atoms with Crippen LogP contribution in [0.1, 0.15) is 32.3 Å². The quantitative estimate of drug-likeness (QED) is 0.603. The first-order chi connectivity index (χ1) is 12.1. The maximum Gasteiger partial charge on any atom is 0.312 e. The minimum atomic E-state index is -0.535. The normalized spacial score (nSPS) is 17.0. The molecule has 0 bridgehead atoms. The minimum Gasteiger partial charge on any atom is -0.466 e. The highest BCUT2D eigenvalue weighted by molar-refractivity contribution is 6.34. The lowest BCUT2D eigenvalue weighted by atomic mass is 9.98. The molecule has 1 atom stereocenters. The van der Waals surface area contributed by atoms with Crippen LogP contribution in [0, 0.1) is 5.92 Å². The topological polar surface area (TPSA) is 66.9 Å². The van der Waals surface area contributed by atoms with Gasteiger partial charge < -0.3 is 14.5 Å². The third kappa shape index (κ3) is 5.05. The second-order valence-electron chi connectivity index (χ2n) is 6.15. The Balaban J connectivity index is 1.99. The first-order valence-electron chi connectivity index (χ1n) is 8.85. The summed E-state index contributed by atoms with van der Waals surface area (Å²) < 4.78 is 5.05. The number of hydrogen-bond donors (Lipinski definition) is 0. The maximum atomic E-state index is 12.6. The lowest BCUT2D eigenvalue weighted by molar-refractivity contribution is -0.157. The average Bonchev–Trinajstić information content (AvgIpc) is 2.66. The molecule has 1 aromatic carbocycles. The molecule has 1 unspecified atom stereocenters. The predicted molar refractivity (Wildman–Crippen MR) is 93.5 cm³/mol. The van der Waals surface area contributed by atoms with Gasteiger partial charge in [0.25, 0.3) is 0 Å². The van der Waals surface area contributed by atoms with Crippen molar-refractivity contribution < 1.29 is 19.1 Å². The van der Waals surface area contributed by atoms with Crippen LogP contribution in [0.25, 0.3) is 0 Å². The van der Waals surface area contributed by atoms with Crippen LogP contribution in [0.15, 0.2) is 30.3 Å². The highest BCUT2D eigenvalue weighted by Gasteiger charge is 2.33. The summed E-state index contributed by atoms with van der Waals surface area (Å²) in [7, 11) is 0. The summed E-state index contributed by atoms with van der Waals surface area (Å²) in [4.78, 5) is 40.1. The Labute approximate surface area is 148 Å². The monoisotopic (exact) mass is 346 g/mol. The number of carbonyl (C=O) groups is 3. The summed E-state index contributed by atoms with van der Waals surface area (Å²) in [5.41, 5.74) is 0.980. The van der Waals surface area contributed by atoms with Gasteiger partial charge in [0.2, 0.25) is 0 Å². The van der Waals surface area contributed by atoms with Crippen LogP contribution in [0.3, 0.4) is 0 Å². The van der Waals surface area contributed by atoms with Crippen LogP contribution in [-0.4, -0.2) is 53.8 Å². The standard InChI is InChI=1S/C19H26N2O4/c1-3-20(13-15-9-6-5-7-10-15)17(22)18(23)21-12-8-11-16(14-21)19(24)25-4-2/h5-7,9-10,16H,3-4,8,11-14H2,1-2H3. The molecule has 1 heterocycles. The lowest BCUT2D eigenvalue weighted by Gasteiger charge is -2.32. The molecule has 0 aromatic heterocycles. The van der Waals surface area contributed by atoms with Gasteiger partial charge in [0.1, 0.15) is 0 Å². The van der Waals surface area contributed by atoms with Crippen molar-refractivity contribution in [3.8, 4) is 0 Å². The number of likely N-dealkylation sites (N-methyl/N-ethyl adjacent to an activating group) is 1. The van der Waals surface area contributed by atoms with Crippen molar-refractivity contribution in [2.75, 3.05) is 26.2 Å². The molecule has 2 rings (SSSR count). The molecule has 6 heteroatoms. The molecular weight excluding hydrogens is 320 g/mol. The molecule has 136 valence electrons. The summed E-state index contributed by atoms with van der Waals surface area (Å²) in [5, 5.41) is 0. The molecule has 0 radical (unpaired) electrons. The molecule has 2 amide bonds. The fourth-order valence-corrected chi connectivity index (χ4v) is 3.02. The van der Waals surface area contributed by atoms with Gasteiger partial charge in [0.15, 0.2) is 0 Å². The number of carbonyl (C=O) groups excluding carboxylic acids is 3. The van der Waals surface area contributed by atoms with Gasteiger partial charge in [-0.15, -0.1) is 0 Å². The highest BCUT2D eigenvalue weighted by Crippen LogP contribution is 2.19. The molecule has 1 saturated heterocycles. The molecular formula is C19H26N2O4. The van der Waals surface area contributed by atoms with Crippen LogP contribution in [0.2, 0.25) is 0 Å². The molecule has 0 spiro atoms. The van der Waals surface area contributed by atoms with Gasteiger partial charge in [-0.05, 0) is 32.3 Å². The Bertz CT molecular complexity index is 603. The first-order valence-corrected chi connectivity index (χ1v) is 8.85. The largest absolute Gasteiger partial charge is 0.466 e. The highest BCUT2D eigenvalue weighted by atomic mass is 16.5. The average molecular weight is 346 g/mol. The van der Waals surface area contributed by atoms with Crippen molar-refractivity contribution in [3.63, 3.8) is 0 Å². The summed E-state index contributed by atoms with van der Waals surface area (Å²) in [6.07, 6.45) is 1.39. The second kappa shape index (κ2) is 9.20. The van der Waals surface area contributed by atoms with Gasteiger partial charge in [-0.3, -0.25) is 14.4 Å². The number of hydrogen-bond acceptors (Lipinski definition) is 4. The van der Waals surface area contributed by atoms with Crippen LogP contribution in [-0.2, 0) is 25.7 Å². The van der Waals surface area contributed by atoms with Crippen molar-refractivity contribution in [3.05, 3.63) is 35.9 Å². The Morgan fingerprint density at radius 2 is 1.92 bits per heavy atom. The van der Waals surface area contributed by atoms with Gasteiger partial charge in [0.05, 0.1) is 12.5 Å². The number of rotatable bonds is 5. The smallest absolute Gasteiger partial charge is 0.312 e. The molecule has 1 aromatic rings. The third-order valence-corrected chi connectivity index (χ3v) is 4.40. The predicted octanol–water partition coefficient (Wildman–Crippen LogP) is 1.84. The van der Waals surface area contributed by atoms with Crippen LogP contribution >= 0.6 is 0 Å². The fraction of sp³-hybridized carbons (Fsp3) is 0.526. The van der Waals surface area contributed by atoms with Crippen LogP contribution < -0.4 is 0 Å². The number of esters is 1. The second-order valence-corrected chi connectivity index (χ2v) is 6.15. The number of benzene rings is 1. The third-order valence-electron chi connectivity index (χ3n) is 4.40. The molecule has 1 fully saturated rings. The van der Waals surface area contributed by atoms with E-state index >= 15 is 0 Å². The van der Waals surface area contributed by atoms with E-state index in [0.29, 0.717) is 39.1 Å². The van der Waals surface area contributed by atoms with Crippen molar-refractivity contribution in [2.24, 2.45) is 5.92 Å². The van der Waals surface area contributed by atoms with Gasteiger partial charge >= 0.3 is 17.8 Å². The number of amides is 2. The molecule has 6 nitrogen and oxygen atoms in total. The van der Waals surface area contributed by atoms with Gasteiger partial charge in [-0.25, -0.2) is 0 Å². The van der Waals surface area contributed by atoms with Gasteiger partial charge in [0, 0.05) is 26.2 Å². The Morgan fingerprint density at radius 3 is 2.56 bits per heavy atom. The molecule has 0 aliphatic carbocycles. The molecule has 0 N–H and O–H groups in total. The van der Waals surface area contributed by atoms with Gasteiger partial charge in [-0.2, -0.15) is 0 Å². The Morgan fingerprint density at radius 1 is 1.20 bits per heavy atom. The minimum absolute atomic E-state index is 0.256. The van der Waals surface area contributed by atoms with E-state index in [9.17, 15) is 14.4 Å². The summed E-state index contributed by atoms with van der Waals surface area (Å²) in [5.74, 6) is -1.68. The van der Waals surface area contributed by atoms with Crippen molar-refractivity contribution in [1.29, 1.82) is 0 Å². The van der Waals surface area contributed by atoms with E-state index in [4.69, 9.17) is 4.74 Å². The summed E-state index contributed by atoms with van der Waals surface area (Å²) in [6.45, 7) is 5.55. The van der Waals surface area contributed by atoms with Gasteiger partial charge in [-0.1, -0.05) is 30.3 Å². The number of piperidine rings is 1. The fourth-order valence-electron chi connectivity index (χ4n) is 3.02. The molecule has 1 aliphatic heterocycles. The maximum absolute atomic E-state index is 12.6. The van der Waals surface area contributed by atoms with E-state index in [1.54, 1.807) is 6.92 Å². The summed E-state index contributed by atoms with van der Waals surface area (Å²) >= 11 is 0. The van der Waals surface area contributed by atoms with E-state index in [1.807, 2.05) is 37.3 Å². The zero-order valence-electron chi connectivity index (χ0n) is 14.9. The number of nitrogens with zero attached hydrogens (tertiary/aromatic N) is 2. The van der Waals surface area contributed by atoms with Crippen molar-refractivity contribution in [1.82, 2.24) is 9.80 Å². The number of likely N-dealkylation sites (tertiary alicyclic amines) is 1. The molecule has 1 aliphatic rings. The molecule has 25 heavy (non-hydrogen) atoms. The van der Waals surface area contributed by atoms with E-state index < -0.39 is 11.8 Å². The van der Waals surface area contributed by atoms with Crippen LogP contribution in [0.4, 0.5) is 0 Å². The van der Waals surface area contributed by atoms with E-state index in [0.717, 1.165) is 5.56 Å². The van der Waals surface area contributed by atoms with E-state index in [2.05, 4.69) is 0 Å². The van der Waals surface area contributed by atoms with Crippen molar-refractivity contribution >= 4 is 17.8 Å². The first kappa shape index (κ1) is 19.0. The Kier molecular flexibility index (Phi) is 6.98. The van der Waals surface area contributed by atoms with Crippen molar-refractivity contribution in [2.45, 2.75) is 33.2 Å². The molecule has 0 saturated carbocycles. The van der Waals surface area contributed by atoms with E-state index in [-0.39, 0.29) is 18.4 Å². The van der Waals surface area contributed by atoms with E-state index in [1.165, 1.54) is 9.80 Å². The zero-order chi connectivity index (χ0) is 18.2. The SMILES string of the molecule is CCOC(=O)C1CCCN(C(=O)C(=O)N(CC)Cc2ccccc2)C1. The number of ether oxygens (including phenoxy) is 1. The lowest BCUT2D eigenvalue weighted by Crippen LogP contribution is -2.49. The van der Waals surface area contributed by atoms with Crippen LogP contribution in [0.5, 0.6) is 0 Å². The zero-order valence-corrected chi connectivity index (χ0v) is 14.9. The Hall–Kier alpha value is -2.37.